The number of unbranched alkanes of at least 4 members (excludes halogenated alkanes) is 5. The highest BCUT2D eigenvalue weighted by molar-refractivity contribution is 6.38. The van der Waals surface area contributed by atoms with E-state index >= 15 is 0 Å². The van der Waals surface area contributed by atoms with Crippen molar-refractivity contribution in [2.24, 2.45) is 0 Å². The average molecular weight is 326 g/mol. The first-order chi connectivity index (χ1) is 11.9. The van der Waals surface area contributed by atoms with Gasteiger partial charge in [0, 0.05) is 6.61 Å². The highest BCUT2D eigenvalue weighted by Crippen LogP contribution is 2.15. The topological polar surface area (TPSA) is 27.7 Å². The molecule has 3 nitrogen and oxygen atoms in total. The SMILES string of the molecule is CCCCCCCCOB(Oc1ccccc1)Oc1ccccc1. The molecule has 2 aromatic rings. The fraction of sp³-hybridized carbons (Fsp3) is 0.400. The molecule has 2 aromatic carbocycles. The second-order valence-electron chi connectivity index (χ2n) is 5.79. The smallest absolute Gasteiger partial charge is 0.501 e. The van der Waals surface area contributed by atoms with Gasteiger partial charge in [-0.05, 0) is 30.7 Å². The van der Waals surface area contributed by atoms with Crippen LogP contribution in [-0.2, 0) is 4.65 Å². The summed E-state index contributed by atoms with van der Waals surface area (Å²) in [7, 11) is -0.731. The molecule has 0 unspecified atom stereocenters. The van der Waals surface area contributed by atoms with Crippen LogP contribution in [0.4, 0.5) is 0 Å². The number of hydrogen-bond donors (Lipinski definition) is 0. The van der Waals surface area contributed by atoms with Crippen LogP contribution < -0.4 is 9.31 Å². The van der Waals surface area contributed by atoms with Gasteiger partial charge in [-0.25, -0.2) is 0 Å². The van der Waals surface area contributed by atoms with Crippen molar-refractivity contribution in [3.8, 4) is 11.5 Å². The van der Waals surface area contributed by atoms with E-state index in [1.54, 1.807) is 0 Å². The Hall–Kier alpha value is -1.94. The van der Waals surface area contributed by atoms with Crippen LogP contribution in [0.1, 0.15) is 45.4 Å². The fourth-order valence-electron chi connectivity index (χ4n) is 2.37. The summed E-state index contributed by atoms with van der Waals surface area (Å²) in [6.45, 7) is 2.87. The van der Waals surface area contributed by atoms with Gasteiger partial charge in [0.05, 0.1) is 0 Å². The Kier molecular flexibility index (Phi) is 8.88. The lowest BCUT2D eigenvalue weighted by Crippen LogP contribution is -2.34. The molecular formula is C20H27BO3. The second-order valence-corrected chi connectivity index (χ2v) is 5.79. The van der Waals surface area contributed by atoms with Gasteiger partial charge < -0.3 is 14.0 Å². The summed E-state index contributed by atoms with van der Waals surface area (Å²) in [6.07, 6.45) is 7.37. The van der Waals surface area contributed by atoms with Crippen molar-refractivity contribution in [2.45, 2.75) is 45.4 Å². The lowest BCUT2D eigenvalue weighted by molar-refractivity contribution is 0.196. The van der Waals surface area contributed by atoms with Gasteiger partial charge >= 0.3 is 7.32 Å². The number of hydrogen-bond acceptors (Lipinski definition) is 3. The van der Waals surface area contributed by atoms with Gasteiger partial charge in [0.2, 0.25) is 0 Å². The number of para-hydroxylation sites is 2. The minimum absolute atomic E-state index is 0.635. The molecule has 0 bridgehead atoms. The first kappa shape index (κ1) is 18.4. The Bertz CT molecular complexity index is 492. The van der Waals surface area contributed by atoms with Crippen LogP contribution in [0.5, 0.6) is 11.5 Å². The Labute approximate surface area is 146 Å². The van der Waals surface area contributed by atoms with Gasteiger partial charge in [-0.15, -0.1) is 0 Å². The van der Waals surface area contributed by atoms with E-state index in [4.69, 9.17) is 14.0 Å². The van der Waals surface area contributed by atoms with Crippen LogP contribution in [0, 0.1) is 0 Å². The molecule has 0 N–H and O–H groups in total. The molecule has 128 valence electrons. The van der Waals surface area contributed by atoms with Crippen molar-refractivity contribution in [2.75, 3.05) is 6.61 Å². The number of rotatable bonds is 12. The highest BCUT2D eigenvalue weighted by atomic mass is 16.7. The van der Waals surface area contributed by atoms with Gasteiger partial charge in [0.25, 0.3) is 0 Å². The van der Waals surface area contributed by atoms with E-state index in [9.17, 15) is 0 Å². The van der Waals surface area contributed by atoms with Crippen molar-refractivity contribution in [1.82, 2.24) is 0 Å². The molecule has 0 radical (unpaired) electrons. The molecule has 0 fully saturated rings. The molecule has 0 aliphatic rings. The molecule has 0 aliphatic carbocycles. The predicted octanol–water partition coefficient (Wildman–Crippen LogP) is 5.51. The Morgan fingerprint density at radius 2 is 1.17 bits per heavy atom. The Morgan fingerprint density at radius 3 is 1.71 bits per heavy atom. The molecule has 0 heterocycles. The maximum Gasteiger partial charge on any atom is 0.788 e. The fourth-order valence-corrected chi connectivity index (χ4v) is 2.37. The first-order valence-corrected chi connectivity index (χ1v) is 8.93. The Morgan fingerprint density at radius 1 is 0.667 bits per heavy atom. The highest BCUT2D eigenvalue weighted by Gasteiger charge is 2.26. The van der Waals surface area contributed by atoms with E-state index in [1.165, 1.54) is 32.1 Å². The predicted molar refractivity (Wildman–Crippen MR) is 99.2 cm³/mol. The zero-order valence-electron chi connectivity index (χ0n) is 14.5. The zero-order valence-corrected chi connectivity index (χ0v) is 14.5. The van der Waals surface area contributed by atoms with Crippen LogP contribution in [0.15, 0.2) is 60.7 Å². The van der Waals surface area contributed by atoms with Gasteiger partial charge in [-0.2, -0.15) is 0 Å². The second kappa shape index (κ2) is 11.6. The lowest BCUT2D eigenvalue weighted by Gasteiger charge is -2.16. The molecular weight excluding hydrogens is 299 g/mol. The van der Waals surface area contributed by atoms with Gasteiger partial charge in [-0.3, -0.25) is 0 Å². The lowest BCUT2D eigenvalue weighted by atomic mass is 10.1. The minimum Gasteiger partial charge on any atom is -0.501 e. The summed E-state index contributed by atoms with van der Waals surface area (Å²) in [4.78, 5) is 0. The molecule has 0 saturated heterocycles. The minimum atomic E-state index is -0.731. The summed E-state index contributed by atoms with van der Waals surface area (Å²) in [5.41, 5.74) is 0. The largest absolute Gasteiger partial charge is 0.788 e. The third-order valence-corrected chi connectivity index (χ3v) is 3.70. The van der Waals surface area contributed by atoms with Crippen LogP contribution in [0.2, 0.25) is 0 Å². The normalized spacial score (nSPS) is 10.4. The van der Waals surface area contributed by atoms with Crippen molar-refractivity contribution in [3.05, 3.63) is 60.7 Å². The standard InChI is InChI=1S/C20H27BO3/c1-2-3-4-5-6-13-18-22-21(23-19-14-9-7-10-15-19)24-20-16-11-8-12-17-20/h7-12,14-17H,2-6,13,18H2,1H3. The van der Waals surface area contributed by atoms with E-state index < -0.39 is 7.32 Å². The first-order valence-electron chi connectivity index (χ1n) is 8.93. The molecule has 0 atom stereocenters. The molecule has 0 amide bonds. The Balaban J connectivity index is 1.79. The molecule has 0 saturated carbocycles. The maximum atomic E-state index is 5.82. The average Bonchev–Trinajstić information content (AvgIpc) is 2.62. The molecule has 4 heteroatoms. The van der Waals surface area contributed by atoms with E-state index in [0.29, 0.717) is 6.61 Å². The monoisotopic (exact) mass is 326 g/mol. The van der Waals surface area contributed by atoms with E-state index in [1.807, 2.05) is 60.7 Å². The van der Waals surface area contributed by atoms with Crippen molar-refractivity contribution >= 4 is 7.32 Å². The van der Waals surface area contributed by atoms with Crippen molar-refractivity contribution in [1.29, 1.82) is 0 Å². The van der Waals surface area contributed by atoms with Crippen LogP contribution in [-0.4, -0.2) is 13.9 Å². The summed E-state index contributed by atoms with van der Waals surface area (Å²) in [5, 5.41) is 0. The third kappa shape index (κ3) is 7.56. The summed E-state index contributed by atoms with van der Waals surface area (Å²) < 4.78 is 17.5. The van der Waals surface area contributed by atoms with Gasteiger partial charge in [0.15, 0.2) is 0 Å². The quantitative estimate of drug-likeness (QED) is 0.380. The summed E-state index contributed by atoms with van der Waals surface area (Å²) in [5.74, 6) is 1.47. The number of benzene rings is 2. The summed E-state index contributed by atoms with van der Waals surface area (Å²) >= 11 is 0. The van der Waals surface area contributed by atoms with Crippen molar-refractivity contribution < 1.29 is 14.0 Å². The molecule has 24 heavy (non-hydrogen) atoms. The van der Waals surface area contributed by atoms with Crippen LogP contribution in [0.25, 0.3) is 0 Å². The van der Waals surface area contributed by atoms with Crippen LogP contribution >= 0.6 is 0 Å². The van der Waals surface area contributed by atoms with Crippen molar-refractivity contribution in [3.63, 3.8) is 0 Å². The maximum absolute atomic E-state index is 5.82. The van der Waals surface area contributed by atoms with E-state index in [0.717, 1.165) is 17.9 Å². The van der Waals surface area contributed by atoms with Crippen LogP contribution in [0.3, 0.4) is 0 Å². The molecule has 0 aliphatic heterocycles. The van der Waals surface area contributed by atoms with Gasteiger partial charge in [-0.1, -0.05) is 75.4 Å². The molecule has 0 spiro atoms. The summed E-state index contributed by atoms with van der Waals surface area (Å²) in [6, 6.07) is 19.2. The van der Waals surface area contributed by atoms with Gasteiger partial charge in [0.1, 0.15) is 11.5 Å². The zero-order chi connectivity index (χ0) is 16.9. The molecule has 2 rings (SSSR count). The van der Waals surface area contributed by atoms with E-state index in [-0.39, 0.29) is 0 Å². The third-order valence-electron chi connectivity index (χ3n) is 3.70. The van der Waals surface area contributed by atoms with E-state index in [2.05, 4.69) is 6.92 Å². The molecule has 0 aromatic heterocycles.